The molecule has 0 aliphatic carbocycles. The summed E-state index contributed by atoms with van der Waals surface area (Å²) in [6.07, 6.45) is 1.38. The Bertz CT molecular complexity index is 620. The summed E-state index contributed by atoms with van der Waals surface area (Å²) in [6, 6.07) is 16.0. The van der Waals surface area contributed by atoms with E-state index in [0.717, 1.165) is 23.3 Å². The van der Waals surface area contributed by atoms with Crippen LogP contribution in [0.5, 0.6) is 5.75 Å². The van der Waals surface area contributed by atoms with Crippen LogP contribution in [-0.4, -0.2) is 13.0 Å². The summed E-state index contributed by atoms with van der Waals surface area (Å²) in [5, 5.41) is 3.04. The van der Waals surface area contributed by atoms with Crippen molar-refractivity contribution in [3.8, 4) is 5.75 Å². The third kappa shape index (κ3) is 4.35. The van der Waals surface area contributed by atoms with Gasteiger partial charge < -0.3 is 10.1 Å². The van der Waals surface area contributed by atoms with Gasteiger partial charge in [0.2, 0.25) is 5.91 Å². The van der Waals surface area contributed by atoms with Crippen molar-refractivity contribution < 1.29 is 9.53 Å². The van der Waals surface area contributed by atoms with E-state index in [0.29, 0.717) is 6.42 Å². The Balaban J connectivity index is 1.95. The first-order valence-corrected chi connectivity index (χ1v) is 7.63. The lowest BCUT2D eigenvalue weighted by molar-refractivity contribution is -0.121. The molecular weight excluding hydrogens is 274 g/mol. The third-order valence-electron chi connectivity index (χ3n) is 3.76. The summed E-state index contributed by atoms with van der Waals surface area (Å²) in [4.78, 5) is 12.2. The molecule has 2 aromatic rings. The Labute approximate surface area is 132 Å². The molecule has 3 heteroatoms. The molecular formula is C19H23NO2. The van der Waals surface area contributed by atoms with E-state index in [4.69, 9.17) is 4.74 Å². The van der Waals surface area contributed by atoms with Crippen LogP contribution in [0.1, 0.15) is 36.6 Å². The highest BCUT2D eigenvalue weighted by Gasteiger charge is 2.10. The topological polar surface area (TPSA) is 38.3 Å². The van der Waals surface area contributed by atoms with Crippen LogP contribution in [0.3, 0.4) is 0 Å². The van der Waals surface area contributed by atoms with Gasteiger partial charge in [-0.3, -0.25) is 4.79 Å². The van der Waals surface area contributed by atoms with Crippen molar-refractivity contribution in [3.63, 3.8) is 0 Å². The molecule has 0 saturated carbocycles. The van der Waals surface area contributed by atoms with Gasteiger partial charge in [-0.1, -0.05) is 43.3 Å². The number of methoxy groups -OCH3 is 1. The standard InChI is InChI=1S/C19H23NO2/c1-4-15-8-10-17(11-9-15)14(2)20-19(21)13-16-6-5-7-18(12-16)22-3/h5-12,14H,4,13H2,1-3H3,(H,20,21). The maximum absolute atomic E-state index is 12.2. The predicted molar refractivity (Wildman–Crippen MR) is 89.1 cm³/mol. The highest BCUT2D eigenvalue weighted by atomic mass is 16.5. The molecule has 2 aromatic carbocycles. The molecule has 0 aliphatic heterocycles. The monoisotopic (exact) mass is 297 g/mol. The van der Waals surface area contributed by atoms with Crippen LogP contribution in [0.25, 0.3) is 0 Å². The Morgan fingerprint density at radius 3 is 2.50 bits per heavy atom. The van der Waals surface area contributed by atoms with Crippen LogP contribution in [0.15, 0.2) is 48.5 Å². The van der Waals surface area contributed by atoms with Crippen molar-refractivity contribution in [2.45, 2.75) is 32.7 Å². The fourth-order valence-electron chi connectivity index (χ4n) is 2.39. The average Bonchev–Trinajstić information content (AvgIpc) is 2.55. The van der Waals surface area contributed by atoms with Crippen molar-refractivity contribution in [2.75, 3.05) is 7.11 Å². The molecule has 0 heterocycles. The first-order chi connectivity index (χ1) is 10.6. The number of aryl methyl sites for hydroxylation is 1. The van der Waals surface area contributed by atoms with Crippen LogP contribution < -0.4 is 10.1 Å². The van der Waals surface area contributed by atoms with E-state index in [1.807, 2.05) is 31.2 Å². The number of benzene rings is 2. The predicted octanol–water partition coefficient (Wildman–Crippen LogP) is 3.68. The SMILES string of the molecule is CCc1ccc(C(C)NC(=O)Cc2cccc(OC)c2)cc1. The normalized spacial score (nSPS) is 11.8. The number of carbonyl (C=O) groups excluding carboxylic acids is 1. The molecule has 0 radical (unpaired) electrons. The molecule has 0 spiro atoms. The number of hydrogen-bond acceptors (Lipinski definition) is 2. The average molecular weight is 297 g/mol. The zero-order valence-corrected chi connectivity index (χ0v) is 13.4. The fourth-order valence-corrected chi connectivity index (χ4v) is 2.39. The van der Waals surface area contributed by atoms with Crippen molar-refractivity contribution in [3.05, 3.63) is 65.2 Å². The molecule has 0 aliphatic rings. The Kier molecular flexibility index (Phi) is 5.59. The zero-order valence-electron chi connectivity index (χ0n) is 13.4. The molecule has 3 nitrogen and oxygen atoms in total. The number of nitrogens with one attached hydrogen (secondary N) is 1. The van der Waals surface area contributed by atoms with Gasteiger partial charge in [-0.15, -0.1) is 0 Å². The Hall–Kier alpha value is -2.29. The summed E-state index contributed by atoms with van der Waals surface area (Å²) >= 11 is 0. The largest absolute Gasteiger partial charge is 0.497 e. The first kappa shape index (κ1) is 16.1. The first-order valence-electron chi connectivity index (χ1n) is 7.63. The minimum Gasteiger partial charge on any atom is -0.497 e. The second-order valence-electron chi connectivity index (χ2n) is 5.41. The van der Waals surface area contributed by atoms with Gasteiger partial charge in [0.05, 0.1) is 19.6 Å². The van der Waals surface area contributed by atoms with E-state index in [2.05, 4.69) is 36.5 Å². The number of rotatable bonds is 6. The molecule has 1 amide bonds. The molecule has 22 heavy (non-hydrogen) atoms. The lowest BCUT2D eigenvalue weighted by Crippen LogP contribution is -2.28. The van der Waals surface area contributed by atoms with Crippen molar-refractivity contribution in [1.82, 2.24) is 5.32 Å². The van der Waals surface area contributed by atoms with Gasteiger partial charge in [-0.2, -0.15) is 0 Å². The summed E-state index contributed by atoms with van der Waals surface area (Å²) in [7, 11) is 1.63. The third-order valence-corrected chi connectivity index (χ3v) is 3.76. The summed E-state index contributed by atoms with van der Waals surface area (Å²) in [5.74, 6) is 0.786. The molecule has 2 rings (SSSR count). The smallest absolute Gasteiger partial charge is 0.224 e. The molecule has 0 saturated heterocycles. The van der Waals surface area contributed by atoms with Crippen LogP contribution >= 0.6 is 0 Å². The summed E-state index contributed by atoms with van der Waals surface area (Å²) < 4.78 is 5.18. The van der Waals surface area contributed by atoms with Gasteiger partial charge in [0.15, 0.2) is 0 Å². The van der Waals surface area contributed by atoms with Gasteiger partial charge in [0.1, 0.15) is 5.75 Å². The molecule has 116 valence electrons. The van der Waals surface area contributed by atoms with E-state index in [9.17, 15) is 4.79 Å². The lowest BCUT2D eigenvalue weighted by atomic mass is 10.0. The van der Waals surface area contributed by atoms with E-state index < -0.39 is 0 Å². The van der Waals surface area contributed by atoms with Gasteiger partial charge in [0, 0.05) is 0 Å². The molecule has 1 atom stereocenters. The highest BCUT2D eigenvalue weighted by Crippen LogP contribution is 2.16. The zero-order chi connectivity index (χ0) is 15.9. The van der Waals surface area contributed by atoms with Crippen molar-refractivity contribution in [2.24, 2.45) is 0 Å². The quantitative estimate of drug-likeness (QED) is 0.883. The summed E-state index contributed by atoms with van der Waals surface area (Å²) in [6.45, 7) is 4.14. The van der Waals surface area contributed by atoms with E-state index in [1.165, 1.54) is 5.56 Å². The van der Waals surface area contributed by atoms with Gasteiger partial charge in [-0.05, 0) is 42.2 Å². The maximum atomic E-state index is 12.2. The molecule has 0 bridgehead atoms. The molecule has 1 unspecified atom stereocenters. The number of carbonyl (C=O) groups is 1. The lowest BCUT2D eigenvalue weighted by Gasteiger charge is -2.15. The number of hydrogen-bond donors (Lipinski definition) is 1. The second kappa shape index (κ2) is 7.64. The highest BCUT2D eigenvalue weighted by molar-refractivity contribution is 5.79. The van der Waals surface area contributed by atoms with Crippen LogP contribution in [0, 0.1) is 0 Å². The molecule has 0 fully saturated rings. The Morgan fingerprint density at radius 2 is 1.86 bits per heavy atom. The minimum absolute atomic E-state index is 0.00372. The van der Waals surface area contributed by atoms with Crippen LogP contribution in [0.4, 0.5) is 0 Å². The van der Waals surface area contributed by atoms with E-state index in [-0.39, 0.29) is 11.9 Å². The van der Waals surface area contributed by atoms with Crippen molar-refractivity contribution >= 4 is 5.91 Å². The Morgan fingerprint density at radius 1 is 1.14 bits per heavy atom. The number of ether oxygens (including phenoxy) is 1. The van der Waals surface area contributed by atoms with Gasteiger partial charge in [0.25, 0.3) is 0 Å². The second-order valence-corrected chi connectivity index (χ2v) is 5.41. The van der Waals surface area contributed by atoms with Gasteiger partial charge >= 0.3 is 0 Å². The molecule has 1 N–H and O–H groups in total. The van der Waals surface area contributed by atoms with Crippen molar-refractivity contribution in [1.29, 1.82) is 0 Å². The minimum atomic E-state index is 0.00372. The van der Waals surface area contributed by atoms with E-state index >= 15 is 0 Å². The maximum Gasteiger partial charge on any atom is 0.224 e. The van der Waals surface area contributed by atoms with E-state index in [1.54, 1.807) is 7.11 Å². The number of amides is 1. The van der Waals surface area contributed by atoms with Crippen LogP contribution in [0.2, 0.25) is 0 Å². The summed E-state index contributed by atoms with van der Waals surface area (Å²) in [5.41, 5.74) is 3.38. The fraction of sp³-hybridized carbons (Fsp3) is 0.316. The van der Waals surface area contributed by atoms with Gasteiger partial charge in [-0.25, -0.2) is 0 Å². The molecule has 0 aromatic heterocycles. The van der Waals surface area contributed by atoms with Crippen LogP contribution in [-0.2, 0) is 17.6 Å².